The second-order valence-corrected chi connectivity index (χ2v) is 5.92. The zero-order valence-electron chi connectivity index (χ0n) is 10.2. The van der Waals surface area contributed by atoms with Gasteiger partial charge in [0.05, 0.1) is 0 Å². The van der Waals surface area contributed by atoms with Gasteiger partial charge >= 0.3 is 0 Å². The Bertz CT molecular complexity index is 441. The molecular weight excluding hydrogens is 232 g/mol. The molecule has 92 valence electrons. The van der Waals surface area contributed by atoms with Crippen molar-refractivity contribution in [2.45, 2.75) is 24.5 Å². The van der Waals surface area contributed by atoms with Crippen LogP contribution in [0, 0.1) is 6.92 Å². The second kappa shape index (κ2) is 4.61. The van der Waals surface area contributed by atoms with E-state index in [2.05, 4.69) is 11.6 Å². The van der Waals surface area contributed by atoms with Crippen molar-refractivity contribution in [3.05, 3.63) is 29.3 Å². The first-order chi connectivity index (χ1) is 8.06. The number of aryl methyl sites for hydroxylation is 1. The third-order valence-corrected chi connectivity index (χ3v) is 4.74. The number of nitrogens with one attached hydrogen (secondary N) is 1. The number of hydrogen-bond acceptors (Lipinski definition) is 3. The first-order valence-electron chi connectivity index (χ1n) is 5.76. The largest absolute Gasteiger partial charge is 0.399 e. The van der Waals surface area contributed by atoms with Crippen LogP contribution in [0.1, 0.15) is 28.8 Å². The summed E-state index contributed by atoms with van der Waals surface area (Å²) < 4.78 is 0.296. The Kier molecular flexibility index (Phi) is 3.33. The van der Waals surface area contributed by atoms with Crippen molar-refractivity contribution < 1.29 is 4.79 Å². The van der Waals surface area contributed by atoms with Crippen molar-refractivity contribution in [1.82, 2.24) is 5.32 Å². The van der Waals surface area contributed by atoms with Crippen LogP contribution in [-0.2, 0) is 0 Å². The number of carbonyl (C=O) groups is 1. The smallest absolute Gasteiger partial charge is 0.251 e. The Hall–Kier alpha value is -1.16. The Balaban J connectivity index is 2.02. The summed E-state index contributed by atoms with van der Waals surface area (Å²) in [4.78, 5) is 12.0. The molecule has 0 atom stereocenters. The lowest BCUT2D eigenvalue weighted by molar-refractivity contribution is 0.0952. The van der Waals surface area contributed by atoms with Gasteiger partial charge < -0.3 is 11.1 Å². The molecule has 0 radical (unpaired) electrons. The number of nitrogen functional groups attached to an aromatic ring is 1. The number of nitrogens with two attached hydrogens (primary N) is 1. The van der Waals surface area contributed by atoms with Crippen molar-refractivity contribution in [3.8, 4) is 0 Å². The predicted octanol–water partition coefficient (Wildman–Crippen LogP) is 2.20. The molecule has 0 saturated heterocycles. The normalized spacial score (nSPS) is 16.6. The van der Waals surface area contributed by atoms with E-state index in [0.717, 1.165) is 12.1 Å². The molecule has 0 aliphatic heterocycles. The van der Waals surface area contributed by atoms with Gasteiger partial charge in [0.15, 0.2) is 0 Å². The lowest BCUT2D eigenvalue weighted by Crippen LogP contribution is -2.32. The fourth-order valence-electron chi connectivity index (χ4n) is 1.81. The maximum absolute atomic E-state index is 12.0. The van der Waals surface area contributed by atoms with Crippen LogP contribution in [-0.4, -0.2) is 23.5 Å². The predicted molar refractivity (Wildman–Crippen MR) is 73.4 cm³/mol. The Morgan fingerprint density at radius 2 is 2.24 bits per heavy atom. The Morgan fingerprint density at radius 3 is 2.82 bits per heavy atom. The van der Waals surface area contributed by atoms with Gasteiger partial charge in [-0.1, -0.05) is 6.07 Å². The molecule has 1 aromatic carbocycles. The summed E-state index contributed by atoms with van der Waals surface area (Å²) in [6.45, 7) is 2.68. The molecule has 1 aliphatic carbocycles. The van der Waals surface area contributed by atoms with Gasteiger partial charge in [-0.25, -0.2) is 0 Å². The van der Waals surface area contributed by atoms with E-state index in [4.69, 9.17) is 5.73 Å². The molecule has 1 amide bonds. The first-order valence-corrected chi connectivity index (χ1v) is 6.98. The van der Waals surface area contributed by atoms with E-state index in [1.54, 1.807) is 6.07 Å². The van der Waals surface area contributed by atoms with Crippen LogP contribution < -0.4 is 11.1 Å². The number of benzene rings is 1. The first kappa shape index (κ1) is 12.3. The highest BCUT2D eigenvalue weighted by molar-refractivity contribution is 8.00. The molecule has 1 aromatic rings. The molecule has 1 fully saturated rings. The lowest BCUT2D eigenvalue weighted by atomic mass is 10.1. The van der Waals surface area contributed by atoms with E-state index in [-0.39, 0.29) is 5.91 Å². The highest BCUT2D eigenvalue weighted by Gasteiger charge is 2.41. The van der Waals surface area contributed by atoms with E-state index >= 15 is 0 Å². The van der Waals surface area contributed by atoms with Crippen LogP contribution in [0.4, 0.5) is 5.69 Å². The van der Waals surface area contributed by atoms with Gasteiger partial charge in [-0.3, -0.25) is 4.79 Å². The van der Waals surface area contributed by atoms with Gasteiger partial charge in [-0.05, 0) is 43.7 Å². The fraction of sp³-hybridized carbons (Fsp3) is 0.462. The van der Waals surface area contributed by atoms with Crippen molar-refractivity contribution in [3.63, 3.8) is 0 Å². The summed E-state index contributed by atoms with van der Waals surface area (Å²) in [5.74, 6) is -0.0184. The minimum atomic E-state index is -0.0184. The Morgan fingerprint density at radius 1 is 1.53 bits per heavy atom. The van der Waals surface area contributed by atoms with E-state index in [1.807, 2.05) is 30.8 Å². The quantitative estimate of drug-likeness (QED) is 0.806. The van der Waals surface area contributed by atoms with Crippen LogP contribution >= 0.6 is 11.8 Å². The summed E-state index contributed by atoms with van der Waals surface area (Å²) >= 11 is 1.84. The van der Waals surface area contributed by atoms with Crippen LogP contribution in [0.3, 0.4) is 0 Å². The van der Waals surface area contributed by atoms with Gasteiger partial charge in [-0.2, -0.15) is 11.8 Å². The molecular formula is C13H18N2OS. The van der Waals surface area contributed by atoms with Gasteiger partial charge in [0.1, 0.15) is 0 Å². The maximum atomic E-state index is 12.0. The van der Waals surface area contributed by atoms with Crippen LogP contribution in [0.25, 0.3) is 0 Å². The van der Waals surface area contributed by atoms with Gasteiger partial charge in [0.25, 0.3) is 5.91 Å². The molecule has 0 unspecified atom stereocenters. The number of rotatable bonds is 4. The van der Waals surface area contributed by atoms with Crippen LogP contribution in [0.15, 0.2) is 18.2 Å². The molecule has 0 bridgehead atoms. The van der Waals surface area contributed by atoms with Crippen molar-refractivity contribution in [2.75, 3.05) is 18.5 Å². The number of anilines is 1. The average molecular weight is 250 g/mol. The minimum Gasteiger partial charge on any atom is -0.399 e. The summed E-state index contributed by atoms with van der Waals surface area (Å²) in [6.07, 6.45) is 4.50. The molecule has 1 aliphatic rings. The number of hydrogen-bond donors (Lipinski definition) is 2. The molecule has 17 heavy (non-hydrogen) atoms. The summed E-state index contributed by atoms with van der Waals surface area (Å²) in [5, 5.41) is 3.01. The standard InChI is InChI=1S/C13H18N2OS/c1-9-3-4-10(14)7-11(9)12(16)15-8-13(17-2)5-6-13/h3-4,7H,5-6,8,14H2,1-2H3,(H,15,16). The summed E-state index contributed by atoms with van der Waals surface area (Å²) in [7, 11) is 0. The molecule has 2 rings (SSSR count). The van der Waals surface area contributed by atoms with Crippen molar-refractivity contribution in [2.24, 2.45) is 0 Å². The number of amides is 1. The lowest BCUT2D eigenvalue weighted by Gasteiger charge is -2.14. The summed E-state index contributed by atoms with van der Waals surface area (Å²) in [5.41, 5.74) is 7.98. The zero-order valence-corrected chi connectivity index (χ0v) is 11.1. The third kappa shape index (κ3) is 2.75. The van der Waals surface area contributed by atoms with Gasteiger partial charge in [0, 0.05) is 22.5 Å². The fourth-order valence-corrected chi connectivity index (χ4v) is 2.54. The summed E-state index contributed by atoms with van der Waals surface area (Å²) in [6, 6.07) is 5.44. The monoisotopic (exact) mass is 250 g/mol. The molecule has 4 heteroatoms. The number of thioether (sulfide) groups is 1. The molecule has 3 N–H and O–H groups in total. The van der Waals surface area contributed by atoms with Crippen LogP contribution in [0.2, 0.25) is 0 Å². The van der Waals surface area contributed by atoms with Gasteiger partial charge in [0.2, 0.25) is 0 Å². The highest BCUT2D eigenvalue weighted by atomic mass is 32.2. The molecule has 3 nitrogen and oxygen atoms in total. The van der Waals surface area contributed by atoms with E-state index in [1.165, 1.54) is 12.8 Å². The second-order valence-electron chi connectivity index (χ2n) is 4.64. The minimum absolute atomic E-state index is 0.0184. The van der Waals surface area contributed by atoms with E-state index in [0.29, 0.717) is 16.0 Å². The topological polar surface area (TPSA) is 55.1 Å². The average Bonchev–Trinajstić information content (AvgIpc) is 3.10. The maximum Gasteiger partial charge on any atom is 0.251 e. The molecule has 0 heterocycles. The SMILES string of the molecule is CSC1(CNC(=O)c2cc(N)ccc2C)CC1. The third-order valence-electron chi connectivity index (χ3n) is 3.32. The molecule has 1 saturated carbocycles. The van der Waals surface area contributed by atoms with Crippen molar-refractivity contribution >= 4 is 23.4 Å². The van der Waals surface area contributed by atoms with Crippen molar-refractivity contribution in [1.29, 1.82) is 0 Å². The Labute approximate surface area is 106 Å². The van der Waals surface area contributed by atoms with E-state index in [9.17, 15) is 4.79 Å². The number of carbonyl (C=O) groups excluding carboxylic acids is 1. The highest BCUT2D eigenvalue weighted by Crippen LogP contribution is 2.46. The molecule has 0 aromatic heterocycles. The van der Waals surface area contributed by atoms with Crippen LogP contribution in [0.5, 0.6) is 0 Å². The zero-order chi connectivity index (χ0) is 12.5. The van der Waals surface area contributed by atoms with Gasteiger partial charge in [-0.15, -0.1) is 0 Å². The van der Waals surface area contributed by atoms with E-state index < -0.39 is 0 Å². The molecule has 0 spiro atoms.